The molecule has 0 amide bonds. The number of hydrogen-bond acceptors (Lipinski definition) is 3. The van der Waals surface area contributed by atoms with Gasteiger partial charge in [-0.2, -0.15) is 11.8 Å². The number of hydrogen-bond donors (Lipinski definition) is 1. The van der Waals surface area contributed by atoms with E-state index in [1.165, 1.54) is 5.75 Å². The van der Waals surface area contributed by atoms with Gasteiger partial charge in [-0.1, -0.05) is 13.8 Å². The molecule has 0 aromatic carbocycles. The van der Waals surface area contributed by atoms with Crippen LogP contribution in [0.1, 0.15) is 34.6 Å². The fourth-order valence-electron chi connectivity index (χ4n) is 2.03. The summed E-state index contributed by atoms with van der Waals surface area (Å²) in [6, 6.07) is 0. The molecule has 1 heterocycles. The average molecular weight is 429 g/mol. The number of guanidine groups is 1. The summed E-state index contributed by atoms with van der Waals surface area (Å²) in [4.78, 5) is 7.17. The van der Waals surface area contributed by atoms with Crippen LogP contribution in [0.3, 0.4) is 0 Å². The molecule has 1 atom stereocenters. The SMILES string of the molecule is CCNC(=NCC(C)(C)OC)N1CCSC(C(C)C)C1.I. The standard InChI is InChI=1S/C15H31N3OS.HI/c1-7-16-14(17-11-15(4,5)19-6)18-8-9-20-13(10-18)12(2)3;/h12-13H,7-11H2,1-6H3,(H,16,17);1H. The fraction of sp³-hybridized carbons (Fsp3) is 0.933. The van der Waals surface area contributed by atoms with Gasteiger partial charge in [-0.05, 0) is 26.7 Å². The third-order valence-electron chi connectivity index (χ3n) is 3.63. The second kappa shape index (κ2) is 10.2. The van der Waals surface area contributed by atoms with Gasteiger partial charge in [-0.15, -0.1) is 24.0 Å². The Morgan fingerprint density at radius 3 is 2.67 bits per heavy atom. The first kappa shape index (κ1) is 21.3. The maximum absolute atomic E-state index is 5.46. The van der Waals surface area contributed by atoms with E-state index in [0.29, 0.717) is 17.7 Å². The van der Waals surface area contributed by atoms with Gasteiger partial charge in [0.2, 0.25) is 0 Å². The van der Waals surface area contributed by atoms with E-state index >= 15 is 0 Å². The first-order chi connectivity index (χ1) is 9.39. The molecule has 0 spiro atoms. The summed E-state index contributed by atoms with van der Waals surface area (Å²) < 4.78 is 5.46. The monoisotopic (exact) mass is 429 g/mol. The van der Waals surface area contributed by atoms with Gasteiger partial charge in [-0.25, -0.2) is 0 Å². The molecule has 0 aliphatic carbocycles. The number of nitrogens with one attached hydrogen (secondary N) is 1. The first-order valence-electron chi connectivity index (χ1n) is 7.59. The minimum absolute atomic E-state index is 0. The average Bonchev–Trinajstić information content (AvgIpc) is 2.43. The van der Waals surface area contributed by atoms with E-state index in [2.05, 4.69) is 56.6 Å². The first-order valence-corrected chi connectivity index (χ1v) is 8.64. The van der Waals surface area contributed by atoms with Crippen LogP contribution in [0.15, 0.2) is 4.99 Å². The van der Waals surface area contributed by atoms with Crippen molar-refractivity contribution in [3.05, 3.63) is 0 Å². The van der Waals surface area contributed by atoms with Gasteiger partial charge in [0.25, 0.3) is 0 Å². The van der Waals surface area contributed by atoms with E-state index in [9.17, 15) is 0 Å². The molecule has 21 heavy (non-hydrogen) atoms. The Morgan fingerprint density at radius 1 is 1.48 bits per heavy atom. The number of aliphatic imine (C=N–C) groups is 1. The van der Waals surface area contributed by atoms with Crippen LogP contribution in [0.5, 0.6) is 0 Å². The third kappa shape index (κ3) is 7.41. The maximum Gasteiger partial charge on any atom is 0.194 e. The van der Waals surface area contributed by atoms with Gasteiger partial charge >= 0.3 is 0 Å². The van der Waals surface area contributed by atoms with Crippen molar-refractivity contribution in [2.75, 3.05) is 39.0 Å². The number of ether oxygens (including phenoxy) is 1. The molecule has 0 aromatic rings. The summed E-state index contributed by atoms with van der Waals surface area (Å²) in [7, 11) is 1.74. The van der Waals surface area contributed by atoms with E-state index in [1.54, 1.807) is 7.11 Å². The molecule has 0 bridgehead atoms. The quantitative estimate of drug-likeness (QED) is 0.414. The van der Waals surface area contributed by atoms with Crippen molar-refractivity contribution in [2.24, 2.45) is 10.9 Å². The van der Waals surface area contributed by atoms with Gasteiger partial charge in [0.1, 0.15) is 0 Å². The van der Waals surface area contributed by atoms with Crippen LogP contribution in [-0.4, -0.2) is 60.8 Å². The fourth-order valence-corrected chi connectivity index (χ4v) is 3.33. The van der Waals surface area contributed by atoms with E-state index in [4.69, 9.17) is 9.73 Å². The molecular weight excluding hydrogens is 397 g/mol. The Labute approximate surface area is 151 Å². The van der Waals surface area contributed by atoms with Crippen molar-refractivity contribution < 1.29 is 4.74 Å². The van der Waals surface area contributed by atoms with Gasteiger partial charge in [0.05, 0.1) is 12.1 Å². The molecule has 1 N–H and O–H groups in total. The maximum atomic E-state index is 5.46. The van der Waals surface area contributed by atoms with Crippen LogP contribution in [0, 0.1) is 5.92 Å². The zero-order chi connectivity index (χ0) is 15.2. The summed E-state index contributed by atoms with van der Waals surface area (Å²) in [5.41, 5.74) is -0.206. The summed E-state index contributed by atoms with van der Waals surface area (Å²) >= 11 is 2.09. The van der Waals surface area contributed by atoms with Crippen LogP contribution in [0.4, 0.5) is 0 Å². The number of rotatable bonds is 5. The van der Waals surface area contributed by atoms with Crippen LogP contribution in [0.2, 0.25) is 0 Å². The molecule has 0 radical (unpaired) electrons. The van der Waals surface area contributed by atoms with Crippen LogP contribution < -0.4 is 5.32 Å². The summed E-state index contributed by atoms with van der Waals surface area (Å²) in [6.07, 6.45) is 0. The Morgan fingerprint density at radius 2 is 2.14 bits per heavy atom. The predicted molar refractivity (Wildman–Crippen MR) is 105 cm³/mol. The van der Waals surface area contributed by atoms with E-state index in [1.807, 2.05) is 0 Å². The van der Waals surface area contributed by atoms with Gasteiger partial charge in [0, 0.05) is 37.7 Å². The number of thioether (sulfide) groups is 1. The lowest BCUT2D eigenvalue weighted by Crippen LogP contribution is -2.49. The Balaban J connectivity index is 0.00000400. The summed E-state index contributed by atoms with van der Waals surface area (Å²) in [5, 5.41) is 4.12. The topological polar surface area (TPSA) is 36.9 Å². The lowest BCUT2D eigenvalue weighted by Gasteiger charge is -2.36. The van der Waals surface area contributed by atoms with E-state index in [-0.39, 0.29) is 29.6 Å². The highest BCUT2D eigenvalue weighted by atomic mass is 127. The van der Waals surface area contributed by atoms with E-state index in [0.717, 1.165) is 25.6 Å². The van der Waals surface area contributed by atoms with Crippen LogP contribution in [-0.2, 0) is 4.74 Å². The normalized spacial score (nSPS) is 20.4. The molecule has 1 unspecified atom stereocenters. The zero-order valence-electron chi connectivity index (χ0n) is 14.3. The van der Waals surface area contributed by atoms with E-state index < -0.39 is 0 Å². The van der Waals surface area contributed by atoms with Crippen molar-refractivity contribution in [1.82, 2.24) is 10.2 Å². The Hall–Kier alpha value is 0.310. The highest BCUT2D eigenvalue weighted by Crippen LogP contribution is 2.25. The minimum atomic E-state index is -0.206. The lowest BCUT2D eigenvalue weighted by molar-refractivity contribution is 0.0309. The molecule has 1 aliphatic rings. The van der Waals surface area contributed by atoms with Gasteiger partial charge in [0.15, 0.2) is 5.96 Å². The van der Waals surface area contributed by atoms with Crippen molar-refractivity contribution in [1.29, 1.82) is 0 Å². The Kier molecular flexibility index (Phi) is 10.3. The molecule has 4 nitrogen and oxygen atoms in total. The smallest absolute Gasteiger partial charge is 0.194 e. The molecule has 1 saturated heterocycles. The molecule has 0 saturated carbocycles. The van der Waals surface area contributed by atoms with Gasteiger partial charge in [-0.3, -0.25) is 4.99 Å². The lowest BCUT2D eigenvalue weighted by atomic mass is 10.1. The number of nitrogens with zero attached hydrogens (tertiary/aromatic N) is 2. The second-order valence-electron chi connectivity index (χ2n) is 6.23. The molecular formula is C15H32IN3OS. The minimum Gasteiger partial charge on any atom is -0.377 e. The molecule has 126 valence electrons. The van der Waals surface area contributed by atoms with Gasteiger partial charge < -0.3 is 15.0 Å². The van der Waals surface area contributed by atoms with Crippen LogP contribution >= 0.6 is 35.7 Å². The third-order valence-corrected chi connectivity index (χ3v) is 5.17. The molecule has 1 rings (SSSR count). The van der Waals surface area contributed by atoms with Crippen molar-refractivity contribution >= 4 is 41.7 Å². The molecule has 6 heteroatoms. The van der Waals surface area contributed by atoms with Crippen molar-refractivity contribution in [3.8, 4) is 0 Å². The molecule has 0 aromatic heterocycles. The second-order valence-corrected chi connectivity index (χ2v) is 7.58. The zero-order valence-corrected chi connectivity index (χ0v) is 17.5. The summed E-state index contributed by atoms with van der Waals surface area (Å²) in [6.45, 7) is 14.6. The molecule has 1 aliphatic heterocycles. The van der Waals surface area contributed by atoms with Crippen molar-refractivity contribution in [3.63, 3.8) is 0 Å². The summed E-state index contributed by atoms with van der Waals surface area (Å²) in [5.74, 6) is 2.92. The molecule has 1 fully saturated rings. The highest BCUT2D eigenvalue weighted by molar-refractivity contribution is 14.0. The largest absolute Gasteiger partial charge is 0.377 e. The number of methoxy groups -OCH3 is 1. The van der Waals surface area contributed by atoms with Crippen molar-refractivity contribution in [2.45, 2.75) is 45.5 Å². The predicted octanol–water partition coefficient (Wildman–Crippen LogP) is 3.07. The highest BCUT2D eigenvalue weighted by Gasteiger charge is 2.25. The van der Waals surface area contributed by atoms with Crippen LogP contribution in [0.25, 0.3) is 0 Å². The number of halogens is 1. The Bertz CT molecular complexity index is 324.